The molecule has 1 aromatic rings. The Morgan fingerprint density at radius 3 is 2.64 bits per heavy atom. The van der Waals surface area contributed by atoms with E-state index in [9.17, 15) is 23.1 Å². The quantitative estimate of drug-likeness (QED) is 0.757. The Labute approximate surface area is 126 Å². The van der Waals surface area contributed by atoms with Gasteiger partial charge in [0.2, 0.25) is 0 Å². The van der Waals surface area contributed by atoms with Gasteiger partial charge in [0, 0.05) is 24.9 Å². The molecule has 2 N–H and O–H groups in total. The number of halogens is 3. The van der Waals surface area contributed by atoms with Crippen LogP contribution in [0.4, 0.5) is 13.2 Å². The Morgan fingerprint density at radius 2 is 2.14 bits per heavy atom. The Morgan fingerprint density at radius 1 is 1.50 bits per heavy atom. The van der Waals surface area contributed by atoms with Crippen molar-refractivity contribution < 1.29 is 27.8 Å². The minimum Gasteiger partial charge on any atom is -0.364 e. The number of pyridine rings is 1. The van der Waals surface area contributed by atoms with Crippen LogP contribution in [0, 0.1) is 0 Å². The summed E-state index contributed by atoms with van der Waals surface area (Å²) in [7, 11) is 0. The van der Waals surface area contributed by atoms with E-state index in [4.69, 9.17) is 4.74 Å². The molecule has 0 bridgehead atoms. The highest BCUT2D eigenvalue weighted by atomic mass is 19.3. The van der Waals surface area contributed by atoms with Crippen LogP contribution in [0.2, 0.25) is 0 Å². The van der Waals surface area contributed by atoms with Gasteiger partial charge in [0.1, 0.15) is 5.69 Å². The van der Waals surface area contributed by atoms with Gasteiger partial charge in [-0.3, -0.25) is 9.78 Å². The number of hydrogen-bond acceptors (Lipinski definition) is 4. The summed E-state index contributed by atoms with van der Waals surface area (Å²) in [6.45, 7) is 3.83. The van der Waals surface area contributed by atoms with Gasteiger partial charge in [0.15, 0.2) is 12.0 Å². The lowest BCUT2D eigenvalue weighted by molar-refractivity contribution is -0.130. The van der Waals surface area contributed by atoms with Crippen molar-refractivity contribution in [3.63, 3.8) is 0 Å². The zero-order chi connectivity index (χ0) is 16.9. The third-order valence-electron chi connectivity index (χ3n) is 2.80. The number of nitrogens with one attached hydrogen (secondary N) is 1. The number of aliphatic hydroxyl groups is 1. The highest BCUT2D eigenvalue weighted by molar-refractivity contribution is 5.83. The monoisotopic (exact) mass is 320 g/mol. The summed E-state index contributed by atoms with van der Waals surface area (Å²) in [5, 5.41) is 12.1. The van der Waals surface area contributed by atoms with Crippen molar-refractivity contribution in [2.24, 2.45) is 0 Å². The predicted octanol–water partition coefficient (Wildman–Crippen LogP) is 2.41. The van der Waals surface area contributed by atoms with Crippen molar-refractivity contribution in [3.8, 4) is 0 Å². The Bertz CT molecular complexity index is 519. The van der Waals surface area contributed by atoms with Gasteiger partial charge in [0.05, 0.1) is 0 Å². The molecule has 8 heteroatoms. The minimum atomic E-state index is -2.88. The standard InChI is InChI=1S/C14H19F3N2O3/c1-4-22-12(20)9-5-8(6-18-10(9)11(15)16)7-19-13(21)14(2,3)17/h5-6,11-12,20H,4,7H2,1-3H3,(H,19,21). The lowest BCUT2D eigenvalue weighted by Gasteiger charge is -2.17. The molecular weight excluding hydrogens is 301 g/mol. The van der Waals surface area contributed by atoms with Gasteiger partial charge in [-0.2, -0.15) is 0 Å². The third kappa shape index (κ3) is 4.96. The van der Waals surface area contributed by atoms with Crippen molar-refractivity contribution in [2.75, 3.05) is 6.61 Å². The topological polar surface area (TPSA) is 71.5 Å². The molecule has 0 aliphatic carbocycles. The molecule has 1 heterocycles. The van der Waals surface area contributed by atoms with Crippen molar-refractivity contribution in [3.05, 3.63) is 29.1 Å². The molecule has 0 aromatic carbocycles. The maximum Gasteiger partial charge on any atom is 0.280 e. The fourth-order valence-electron chi connectivity index (χ4n) is 1.65. The highest BCUT2D eigenvalue weighted by Gasteiger charge is 2.26. The predicted molar refractivity (Wildman–Crippen MR) is 72.8 cm³/mol. The van der Waals surface area contributed by atoms with E-state index >= 15 is 0 Å². The fraction of sp³-hybridized carbons (Fsp3) is 0.571. The highest BCUT2D eigenvalue weighted by Crippen LogP contribution is 2.27. The number of hydrogen-bond donors (Lipinski definition) is 2. The SMILES string of the molecule is CCOC(O)c1cc(CNC(=O)C(C)(C)F)cnc1C(F)F. The van der Waals surface area contributed by atoms with Crippen LogP contribution in [0.1, 0.15) is 50.3 Å². The summed E-state index contributed by atoms with van der Waals surface area (Å²) in [5.74, 6) is -0.836. The van der Waals surface area contributed by atoms with Crippen molar-refractivity contribution >= 4 is 5.91 Å². The fourth-order valence-corrected chi connectivity index (χ4v) is 1.65. The van der Waals surface area contributed by atoms with Crippen LogP contribution in [0.5, 0.6) is 0 Å². The number of alkyl halides is 3. The molecule has 22 heavy (non-hydrogen) atoms. The molecule has 0 saturated carbocycles. The zero-order valence-electron chi connectivity index (χ0n) is 12.6. The summed E-state index contributed by atoms with van der Waals surface area (Å²) in [5.41, 5.74) is -2.48. The van der Waals surface area contributed by atoms with Crippen LogP contribution < -0.4 is 5.32 Å². The maximum atomic E-state index is 13.4. The van der Waals surface area contributed by atoms with Crippen molar-refractivity contribution in [1.82, 2.24) is 10.3 Å². The smallest absolute Gasteiger partial charge is 0.280 e. The first-order chi connectivity index (χ1) is 10.2. The molecule has 0 aliphatic heterocycles. The normalized spacial score (nSPS) is 13.3. The number of nitrogens with zero attached hydrogens (tertiary/aromatic N) is 1. The zero-order valence-corrected chi connectivity index (χ0v) is 12.6. The molecule has 1 aromatic heterocycles. The maximum absolute atomic E-state index is 13.4. The van der Waals surface area contributed by atoms with E-state index in [-0.39, 0.29) is 18.7 Å². The van der Waals surface area contributed by atoms with E-state index in [0.29, 0.717) is 5.56 Å². The first-order valence-corrected chi connectivity index (χ1v) is 6.70. The van der Waals surface area contributed by atoms with Crippen LogP contribution in [0.3, 0.4) is 0 Å². The second-order valence-electron chi connectivity index (χ2n) is 5.08. The van der Waals surface area contributed by atoms with Gasteiger partial charge < -0.3 is 15.2 Å². The summed E-state index contributed by atoms with van der Waals surface area (Å²) < 4.78 is 44.0. The van der Waals surface area contributed by atoms with Gasteiger partial charge in [-0.25, -0.2) is 13.2 Å². The molecule has 5 nitrogen and oxygen atoms in total. The number of aromatic nitrogens is 1. The molecular formula is C14H19F3N2O3. The van der Waals surface area contributed by atoms with Gasteiger partial charge in [-0.05, 0) is 32.4 Å². The molecule has 124 valence electrons. The summed E-state index contributed by atoms with van der Waals surface area (Å²) in [6.07, 6.45) is -3.29. The van der Waals surface area contributed by atoms with Crippen LogP contribution in [0.15, 0.2) is 12.3 Å². The average molecular weight is 320 g/mol. The lowest BCUT2D eigenvalue weighted by Crippen LogP contribution is -2.38. The second kappa shape index (κ2) is 7.55. The van der Waals surface area contributed by atoms with E-state index in [0.717, 1.165) is 20.0 Å². The molecule has 1 amide bonds. The van der Waals surface area contributed by atoms with Crippen LogP contribution >= 0.6 is 0 Å². The molecule has 0 aliphatic rings. The van der Waals surface area contributed by atoms with E-state index in [1.165, 1.54) is 6.07 Å². The molecule has 0 radical (unpaired) electrons. The number of aliphatic hydroxyl groups excluding tert-OH is 1. The number of amides is 1. The largest absolute Gasteiger partial charge is 0.364 e. The number of carbonyl (C=O) groups excluding carboxylic acids is 1. The Balaban J connectivity index is 2.94. The second-order valence-corrected chi connectivity index (χ2v) is 5.08. The Hall–Kier alpha value is -1.67. The van der Waals surface area contributed by atoms with E-state index in [2.05, 4.69) is 10.3 Å². The first-order valence-electron chi connectivity index (χ1n) is 6.70. The van der Waals surface area contributed by atoms with E-state index in [1.807, 2.05) is 0 Å². The molecule has 1 atom stereocenters. The molecule has 1 unspecified atom stereocenters. The van der Waals surface area contributed by atoms with Gasteiger partial charge in [0.25, 0.3) is 12.3 Å². The minimum absolute atomic E-state index is 0.103. The molecule has 0 saturated heterocycles. The summed E-state index contributed by atoms with van der Waals surface area (Å²) in [6, 6.07) is 1.25. The molecule has 1 rings (SSSR count). The van der Waals surface area contributed by atoms with Crippen molar-refractivity contribution in [2.45, 2.75) is 45.7 Å². The number of ether oxygens (including phenoxy) is 1. The van der Waals surface area contributed by atoms with Gasteiger partial charge in [-0.15, -0.1) is 0 Å². The van der Waals surface area contributed by atoms with Crippen LogP contribution in [-0.4, -0.2) is 28.3 Å². The third-order valence-corrected chi connectivity index (χ3v) is 2.80. The lowest BCUT2D eigenvalue weighted by atomic mass is 10.1. The Kier molecular flexibility index (Phi) is 6.31. The first kappa shape index (κ1) is 18.4. The molecule has 0 spiro atoms. The van der Waals surface area contributed by atoms with Crippen LogP contribution in [0.25, 0.3) is 0 Å². The summed E-state index contributed by atoms with van der Waals surface area (Å²) in [4.78, 5) is 15.0. The molecule has 0 fully saturated rings. The number of carbonyl (C=O) groups is 1. The van der Waals surface area contributed by atoms with E-state index in [1.54, 1.807) is 6.92 Å². The van der Waals surface area contributed by atoms with Gasteiger partial charge >= 0.3 is 0 Å². The number of rotatable bonds is 7. The van der Waals surface area contributed by atoms with E-state index < -0.39 is 30.0 Å². The van der Waals surface area contributed by atoms with Crippen molar-refractivity contribution in [1.29, 1.82) is 0 Å². The van der Waals surface area contributed by atoms with Crippen LogP contribution in [-0.2, 0) is 16.1 Å². The van der Waals surface area contributed by atoms with Gasteiger partial charge in [-0.1, -0.05) is 0 Å². The average Bonchev–Trinajstić information content (AvgIpc) is 2.43. The summed E-state index contributed by atoms with van der Waals surface area (Å²) >= 11 is 0.